The minimum Gasteiger partial charge on any atom is -0.442 e. The molecule has 1 aliphatic rings. The van der Waals surface area contributed by atoms with Crippen molar-refractivity contribution in [2.24, 2.45) is 0 Å². The van der Waals surface area contributed by atoms with Gasteiger partial charge >= 0.3 is 6.41 Å². The van der Waals surface area contributed by atoms with Crippen LogP contribution in [-0.2, 0) is 14.3 Å². The highest BCUT2D eigenvalue weighted by Gasteiger charge is 2.14. The Hall–Kier alpha value is -1.45. The van der Waals surface area contributed by atoms with Gasteiger partial charge in [-0.1, -0.05) is 6.58 Å². The van der Waals surface area contributed by atoms with Crippen molar-refractivity contribution in [3.63, 3.8) is 0 Å². The molecule has 0 aromatic rings. The Morgan fingerprint density at radius 2 is 2.09 bits per heavy atom. The lowest BCUT2D eigenvalue weighted by molar-refractivity contribution is -0.128. The SMILES string of the molecule is C=C(C)C(=O)NC1OC=CO1. The lowest BCUT2D eigenvalue weighted by Gasteiger charge is -2.10. The van der Waals surface area contributed by atoms with E-state index in [1.54, 1.807) is 6.92 Å². The van der Waals surface area contributed by atoms with Gasteiger partial charge in [0.1, 0.15) is 12.5 Å². The van der Waals surface area contributed by atoms with Gasteiger partial charge in [-0.15, -0.1) is 0 Å². The average Bonchev–Trinajstić information content (AvgIpc) is 2.39. The van der Waals surface area contributed by atoms with Crippen LogP contribution in [0.2, 0.25) is 0 Å². The summed E-state index contributed by atoms with van der Waals surface area (Å²) in [4.78, 5) is 10.9. The van der Waals surface area contributed by atoms with E-state index in [1.165, 1.54) is 12.5 Å². The summed E-state index contributed by atoms with van der Waals surface area (Å²) >= 11 is 0. The van der Waals surface area contributed by atoms with Gasteiger partial charge in [-0.3, -0.25) is 10.1 Å². The number of rotatable bonds is 2. The molecule has 1 rings (SSSR count). The van der Waals surface area contributed by atoms with Gasteiger partial charge in [0.05, 0.1) is 0 Å². The first-order chi connectivity index (χ1) is 5.20. The van der Waals surface area contributed by atoms with Gasteiger partial charge < -0.3 is 9.47 Å². The summed E-state index contributed by atoms with van der Waals surface area (Å²) in [7, 11) is 0. The molecule has 0 aliphatic carbocycles. The molecule has 0 fully saturated rings. The minimum absolute atomic E-state index is 0.279. The van der Waals surface area contributed by atoms with Gasteiger partial charge in [0, 0.05) is 5.57 Å². The van der Waals surface area contributed by atoms with Crippen LogP contribution in [0.5, 0.6) is 0 Å². The van der Waals surface area contributed by atoms with Crippen molar-refractivity contribution >= 4 is 5.91 Å². The van der Waals surface area contributed by atoms with Crippen LogP contribution < -0.4 is 5.32 Å². The number of nitrogens with one attached hydrogen (secondary N) is 1. The zero-order chi connectivity index (χ0) is 8.27. The normalized spacial score (nSPS) is 15.4. The molecule has 1 amide bonds. The van der Waals surface area contributed by atoms with E-state index in [0.717, 1.165) is 0 Å². The number of amides is 1. The van der Waals surface area contributed by atoms with E-state index in [1.807, 2.05) is 0 Å². The van der Waals surface area contributed by atoms with Crippen LogP contribution >= 0.6 is 0 Å². The van der Waals surface area contributed by atoms with Crippen molar-refractivity contribution in [1.82, 2.24) is 5.32 Å². The second-order valence-corrected chi connectivity index (χ2v) is 2.13. The Labute approximate surface area is 64.5 Å². The number of hydrogen-bond donors (Lipinski definition) is 1. The Bertz CT molecular complexity index is 202. The predicted molar refractivity (Wildman–Crippen MR) is 38.1 cm³/mol. The monoisotopic (exact) mass is 155 g/mol. The van der Waals surface area contributed by atoms with Crippen LogP contribution in [-0.4, -0.2) is 12.3 Å². The Balaban J connectivity index is 2.31. The lowest BCUT2D eigenvalue weighted by Crippen LogP contribution is -2.35. The van der Waals surface area contributed by atoms with Gasteiger partial charge in [-0.25, -0.2) is 0 Å². The summed E-state index contributed by atoms with van der Waals surface area (Å²) in [6.45, 7) is 5.06. The topological polar surface area (TPSA) is 47.6 Å². The van der Waals surface area contributed by atoms with Gasteiger partial charge in [0.2, 0.25) is 0 Å². The molecule has 0 unspecified atom stereocenters. The molecule has 0 saturated heterocycles. The smallest absolute Gasteiger partial charge is 0.326 e. The molecule has 4 nitrogen and oxygen atoms in total. The van der Waals surface area contributed by atoms with E-state index in [0.29, 0.717) is 5.57 Å². The van der Waals surface area contributed by atoms with Gasteiger partial charge in [0.15, 0.2) is 0 Å². The molecule has 60 valence electrons. The number of hydrogen-bond acceptors (Lipinski definition) is 3. The fraction of sp³-hybridized carbons (Fsp3) is 0.286. The molecular weight excluding hydrogens is 146 g/mol. The van der Waals surface area contributed by atoms with Crippen LogP contribution in [0.25, 0.3) is 0 Å². The average molecular weight is 155 g/mol. The van der Waals surface area contributed by atoms with Crippen LogP contribution in [0.1, 0.15) is 6.92 Å². The Morgan fingerprint density at radius 3 is 2.55 bits per heavy atom. The van der Waals surface area contributed by atoms with E-state index < -0.39 is 6.41 Å². The summed E-state index contributed by atoms with van der Waals surface area (Å²) in [6.07, 6.45) is 2.03. The highest BCUT2D eigenvalue weighted by molar-refractivity contribution is 5.92. The molecule has 11 heavy (non-hydrogen) atoms. The van der Waals surface area contributed by atoms with Gasteiger partial charge in [-0.05, 0) is 6.92 Å². The van der Waals surface area contributed by atoms with E-state index in [-0.39, 0.29) is 5.91 Å². The summed E-state index contributed by atoms with van der Waals surface area (Å²) in [5.74, 6) is -0.279. The zero-order valence-electron chi connectivity index (χ0n) is 6.16. The molecular formula is C7H9NO3. The van der Waals surface area contributed by atoms with Crippen molar-refractivity contribution in [3.8, 4) is 0 Å². The minimum atomic E-state index is -0.695. The maximum absolute atomic E-state index is 10.9. The fourth-order valence-corrected chi connectivity index (χ4v) is 0.537. The third-order valence-electron chi connectivity index (χ3n) is 1.10. The molecule has 0 bridgehead atoms. The van der Waals surface area contributed by atoms with Crippen molar-refractivity contribution in [1.29, 1.82) is 0 Å². The molecule has 1 aliphatic heterocycles. The highest BCUT2D eigenvalue weighted by Crippen LogP contribution is 2.01. The molecule has 0 aromatic carbocycles. The lowest BCUT2D eigenvalue weighted by atomic mass is 10.3. The van der Waals surface area contributed by atoms with Gasteiger partial charge in [-0.2, -0.15) is 0 Å². The second-order valence-electron chi connectivity index (χ2n) is 2.13. The summed E-state index contributed by atoms with van der Waals surface area (Å²) in [5, 5.41) is 2.43. The summed E-state index contributed by atoms with van der Waals surface area (Å²) in [6, 6.07) is 0. The molecule has 1 heterocycles. The van der Waals surface area contributed by atoms with E-state index in [9.17, 15) is 4.79 Å². The number of carbonyl (C=O) groups excluding carboxylic acids is 1. The number of carbonyl (C=O) groups is 1. The first-order valence-corrected chi connectivity index (χ1v) is 3.12. The van der Waals surface area contributed by atoms with Crippen LogP contribution in [0.4, 0.5) is 0 Å². The Morgan fingerprint density at radius 1 is 1.55 bits per heavy atom. The van der Waals surface area contributed by atoms with Crippen molar-refractivity contribution < 1.29 is 14.3 Å². The maximum Gasteiger partial charge on any atom is 0.326 e. The first kappa shape index (κ1) is 7.65. The van der Waals surface area contributed by atoms with Crippen molar-refractivity contribution in [2.45, 2.75) is 13.3 Å². The molecule has 0 saturated carbocycles. The molecule has 4 heteroatoms. The molecule has 0 radical (unpaired) electrons. The zero-order valence-corrected chi connectivity index (χ0v) is 6.16. The van der Waals surface area contributed by atoms with E-state index in [4.69, 9.17) is 9.47 Å². The third-order valence-corrected chi connectivity index (χ3v) is 1.10. The fourth-order valence-electron chi connectivity index (χ4n) is 0.537. The summed E-state index contributed by atoms with van der Waals surface area (Å²) < 4.78 is 9.60. The predicted octanol–water partition coefficient (Wildman–Crippen LogP) is 0.480. The standard InChI is InChI=1S/C7H9NO3/c1-5(2)6(9)8-7-10-3-4-11-7/h3-4,7H,1H2,2H3,(H,8,9). The van der Waals surface area contributed by atoms with E-state index >= 15 is 0 Å². The van der Waals surface area contributed by atoms with Crippen molar-refractivity contribution in [2.75, 3.05) is 0 Å². The van der Waals surface area contributed by atoms with Crippen LogP contribution in [0.3, 0.4) is 0 Å². The highest BCUT2D eigenvalue weighted by atomic mass is 16.7. The molecule has 1 N–H and O–H groups in total. The third kappa shape index (κ3) is 2.00. The van der Waals surface area contributed by atoms with Crippen LogP contribution in [0.15, 0.2) is 24.7 Å². The van der Waals surface area contributed by atoms with E-state index in [2.05, 4.69) is 11.9 Å². The number of ether oxygens (including phenoxy) is 2. The summed E-state index contributed by atoms with van der Waals surface area (Å²) in [5.41, 5.74) is 0.420. The maximum atomic E-state index is 10.9. The first-order valence-electron chi connectivity index (χ1n) is 3.12. The molecule has 0 atom stereocenters. The Kier molecular flexibility index (Phi) is 2.15. The largest absolute Gasteiger partial charge is 0.442 e. The molecule has 0 spiro atoms. The molecule has 0 aromatic heterocycles. The second kappa shape index (κ2) is 3.09. The van der Waals surface area contributed by atoms with Gasteiger partial charge in [0.25, 0.3) is 5.91 Å². The van der Waals surface area contributed by atoms with Crippen LogP contribution in [0, 0.1) is 0 Å². The van der Waals surface area contributed by atoms with Crippen molar-refractivity contribution in [3.05, 3.63) is 24.7 Å². The quantitative estimate of drug-likeness (QED) is 0.590.